The van der Waals surface area contributed by atoms with Gasteiger partial charge in [0.05, 0.1) is 6.42 Å². The van der Waals surface area contributed by atoms with Gasteiger partial charge in [0.1, 0.15) is 5.75 Å². The molecule has 2 aromatic rings. The lowest BCUT2D eigenvalue weighted by Crippen LogP contribution is -2.14. The molecule has 0 radical (unpaired) electrons. The number of amides is 1. The zero-order valence-electron chi connectivity index (χ0n) is 10.3. The molecule has 2 rings (SSSR count). The van der Waals surface area contributed by atoms with Gasteiger partial charge in [-0.3, -0.25) is 4.79 Å². The van der Waals surface area contributed by atoms with E-state index >= 15 is 0 Å². The second kappa shape index (κ2) is 6.25. The van der Waals surface area contributed by atoms with Crippen molar-refractivity contribution in [3.05, 3.63) is 59.7 Å². The van der Waals surface area contributed by atoms with Crippen molar-refractivity contribution >= 4 is 23.2 Å². The van der Waals surface area contributed by atoms with E-state index in [1.165, 1.54) is 0 Å². The average Bonchev–Trinajstić information content (AvgIpc) is 2.38. The van der Waals surface area contributed by atoms with Crippen LogP contribution in [0.1, 0.15) is 11.1 Å². The number of aromatic hydroxyl groups is 1. The lowest BCUT2D eigenvalue weighted by Gasteiger charge is -2.06. The number of anilines is 1. The van der Waals surface area contributed by atoms with Gasteiger partial charge in [-0.25, -0.2) is 0 Å². The molecule has 2 aromatic carbocycles. The maximum atomic E-state index is 11.9. The molecule has 0 fully saturated rings. The summed E-state index contributed by atoms with van der Waals surface area (Å²) in [5, 5.41) is 12.1. The summed E-state index contributed by atoms with van der Waals surface area (Å²) < 4.78 is 0. The van der Waals surface area contributed by atoms with Crippen molar-refractivity contribution in [3.8, 4) is 5.75 Å². The van der Waals surface area contributed by atoms with E-state index in [1.54, 1.807) is 24.3 Å². The Morgan fingerprint density at radius 3 is 2.58 bits per heavy atom. The first kappa shape index (κ1) is 13.4. The summed E-state index contributed by atoms with van der Waals surface area (Å²) in [4.78, 5) is 11.9. The Morgan fingerprint density at radius 2 is 1.84 bits per heavy atom. The Balaban J connectivity index is 2.01. The molecule has 0 aromatic heterocycles. The monoisotopic (exact) mass is 275 g/mol. The number of halogens is 1. The van der Waals surface area contributed by atoms with Crippen LogP contribution in [0.15, 0.2) is 48.5 Å². The summed E-state index contributed by atoms with van der Waals surface area (Å²) in [7, 11) is 0. The first-order valence-corrected chi connectivity index (χ1v) is 6.43. The van der Waals surface area contributed by atoms with E-state index < -0.39 is 0 Å². The largest absolute Gasteiger partial charge is 0.508 e. The van der Waals surface area contributed by atoms with Crippen molar-refractivity contribution in [2.75, 3.05) is 5.32 Å². The molecule has 0 atom stereocenters. The first-order valence-electron chi connectivity index (χ1n) is 5.90. The summed E-state index contributed by atoms with van der Waals surface area (Å²) in [5.41, 5.74) is 2.45. The summed E-state index contributed by atoms with van der Waals surface area (Å²) in [6.45, 7) is 0. The molecule has 98 valence electrons. The van der Waals surface area contributed by atoms with Crippen molar-refractivity contribution < 1.29 is 9.90 Å². The Bertz CT molecular complexity index is 584. The maximum Gasteiger partial charge on any atom is 0.228 e. The second-order valence-electron chi connectivity index (χ2n) is 4.23. The zero-order valence-corrected chi connectivity index (χ0v) is 11.0. The molecule has 0 aliphatic heterocycles. The minimum atomic E-state index is -0.127. The number of nitrogens with one attached hydrogen (secondary N) is 1. The molecule has 0 spiro atoms. The van der Waals surface area contributed by atoms with Crippen LogP contribution in [0.3, 0.4) is 0 Å². The molecule has 0 unspecified atom stereocenters. The summed E-state index contributed by atoms with van der Waals surface area (Å²) in [6.07, 6.45) is 0.222. The number of carbonyl (C=O) groups is 1. The van der Waals surface area contributed by atoms with Crippen LogP contribution < -0.4 is 5.32 Å². The molecular formula is C15H14ClNO2. The lowest BCUT2D eigenvalue weighted by atomic mass is 10.1. The van der Waals surface area contributed by atoms with Crippen molar-refractivity contribution in [2.45, 2.75) is 12.3 Å². The van der Waals surface area contributed by atoms with Gasteiger partial charge >= 0.3 is 0 Å². The quantitative estimate of drug-likeness (QED) is 0.841. The number of hydrogen-bond donors (Lipinski definition) is 2. The van der Waals surface area contributed by atoms with Gasteiger partial charge in [0.15, 0.2) is 0 Å². The third-order valence-electron chi connectivity index (χ3n) is 2.64. The predicted octanol–water partition coefficient (Wildman–Crippen LogP) is 3.31. The standard InChI is InChI=1S/C15H14ClNO2/c16-10-12-4-1-5-13(7-12)17-15(19)9-11-3-2-6-14(18)8-11/h1-8,18H,9-10H2,(H,17,19). The topological polar surface area (TPSA) is 49.3 Å². The highest BCUT2D eigenvalue weighted by Crippen LogP contribution is 2.14. The van der Waals surface area contributed by atoms with E-state index in [4.69, 9.17) is 11.6 Å². The van der Waals surface area contributed by atoms with E-state index in [2.05, 4.69) is 5.32 Å². The number of benzene rings is 2. The van der Waals surface area contributed by atoms with Crippen LogP contribution in [0.25, 0.3) is 0 Å². The Morgan fingerprint density at radius 1 is 1.11 bits per heavy atom. The maximum absolute atomic E-state index is 11.9. The van der Waals surface area contributed by atoms with Crippen LogP contribution in [-0.4, -0.2) is 11.0 Å². The fraction of sp³-hybridized carbons (Fsp3) is 0.133. The van der Waals surface area contributed by atoms with E-state index in [1.807, 2.05) is 24.3 Å². The van der Waals surface area contributed by atoms with E-state index in [0.29, 0.717) is 5.88 Å². The SMILES string of the molecule is O=C(Cc1cccc(O)c1)Nc1cccc(CCl)c1. The third kappa shape index (κ3) is 4.00. The van der Waals surface area contributed by atoms with Crippen molar-refractivity contribution in [3.63, 3.8) is 0 Å². The van der Waals surface area contributed by atoms with E-state index in [-0.39, 0.29) is 18.1 Å². The second-order valence-corrected chi connectivity index (χ2v) is 4.50. The van der Waals surface area contributed by atoms with Gasteiger partial charge in [0.2, 0.25) is 5.91 Å². The molecule has 0 saturated heterocycles. The van der Waals surface area contributed by atoms with Gasteiger partial charge in [0.25, 0.3) is 0 Å². The average molecular weight is 276 g/mol. The van der Waals surface area contributed by atoms with Crippen LogP contribution in [0.5, 0.6) is 5.75 Å². The smallest absolute Gasteiger partial charge is 0.228 e. The van der Waals surface area contributed by atoms with Crippen LogP contribution in [0.4, 0.5) is 5.69 Å². The van der Waals surface area contributed by atoms with Crippen LogP contribution in [0, 0.1) is 0 Å². The number of phenolic OH excluding ortho intramolecular Hbond substituents is 1. The van der Waals surface area contributed by atoms with Gasteiger partial charge in [-0.15, -0.1) is 11.6 Å². The fourth-order valence-corrected chi connectivity index (χ4v) is 1.96. The van der Waals surface area contributed by atoms with Gasteiger partial charge in [-0.1, -0.05) is 24.3 Å². The minimum Gasteiger partial charge on any atom is -0.508 e. The summed E-state index contributed by atoms with van der Waals surface area (Å²) >= 11 is 5.74. The van der Waals surface area contributed by atoms with E-state index in [0.717, 1.165) is 16.8 Å². The van der Waals surface area contributed by atoms with Gasteiger partial charge in [0, 0.05) is 11.6 Å². The third-order valence-corrected chi connectivity index (χ3v) is 2.95. The predicted molar refractivity (Wildman–Crippen MR) is 76.4 cm³/mol. The Hall–Kier alpha value is -2.00. The number of carbonyl (C=O) groups excluding carboxylic acids is 1. The number of phenols is 1. The summed E-state index contributed by atoms with van der Waals surface area (Å²) in [6, 6.07) is 14.1. The highest BCUT2D eigenvalue weighted by molar-refractivity contribution is 6.17. The van der Waals surface area contributed by atoms with Crippen LogP contribution in [-0.2, 0) is 17.1 Å². The Labute approximate surface area is 116 Å². The minimum absolute atomic E-state index is 0.127. The van der Waals surface area contributed by atoms with Crippen LogP contribution >= 0.6 is 11.6 Å². The molecule has 0 aliphatic carbocycles. The van der Waals surface area contributed by atoms with Gasteiger partial charge in [-0.2, -0.15) is 0 Å². The molecule has 3 nitrogen and oxygen atoms in total. The number of rotatable bonds is 4. The molecule has 0 saturated carbocycles. The van der Waals surface area contributed by atoms with Gasteiger partial charge < -0.3 is 10.4 Å². The number of hydrogen-bond acceptors (Lipinski definition) is 2. The van der Waals surface area contributed by atoms with Gasteiger partial charge in [-0.05, 0) is 35.4 Å². The van der Waals surface area contributed by atoms with Crippen LogP contribution in [0.2, 0.25) is 0 Å². The van der Waals surface area contributed by atoms with E-state index in [9.17, 15) is 9.90 Å². The molecule has 2 N–H and O–H groups in total. The molecular weight excluding hydrogens is 262 g/mol. The molecule has 19 heavy (non-hydrogen) atoms. The highest BCUT2D eigenvalue weighted by Gasteiger charge is 2.05. The normalized spacial score (nSPS) is 10.2. The van der Waals surface area contributed by atoms with Crippen molar-refractivity contribution in [2.24, 2.45) is 0 Å². The lowest BCUT2D eigenvalue weighted by molar-refractivity contribution is -0.115. The van der Waals surface area contributed by atoms with Crippen molar-refractivity contribution in [1.82, 2.24) is 0 Å². The first-order chi connectivity index (χ1) is 9.17. The molecule has 0 aliphatic rings. The highest BCUT2D eigenvalue weighted by atomic mass is 35.5. The number of alkyl halides is 1. The molecule has 4 heteroatoms. The summed E-state index contributed by atoms with van der Waals surface area (Å²) in [5.74, 6) is 0.447. The van der Waals surface area contributed by atoms with Crippen molar-refractivity contribution in [1.29, 1.82) is 0 Å². The Kier molecular flexibility index (Phi) is 4.42. The zero-order chi connectivity index (χ0) is 13.7. The molecule has 1 amide bonds. The molecule has 0 heterocycles. The fourth-order valence-electron chi connectivity index (χ4n) is 1.79. The molecule has 0 bridgehead atoms.